The highest BCUT2D eigenvalue weighted by molar-refractivity contribution is 5.69. The van der Waals surface area contributed by atoms with E-state index < -0.39 is 18.5 Å². The Balaban J connectivity index is 3.22. The van der Waals surface area contributed by atoms with Gasteiger partial charge in [0.25, 0.3) is 0 Å². The number of carbonyl (C=O) groups excluding carboxylic acids is 1. The fourth-order valence-corrected chi connectivity index (χ4v) is 1.06. The zero-order valence-corrected chi connectivity index (χ0v) is 9.03. The molecule has 0 saturated carbocycles. The van der Waals surface area contributed by atoms with Gasteiger partial charge in [0.2, 0.25) is 0 Å². The van der Waals surface area contributed by atoms with Gasteiger partial charge in [0.1, 0.15) is 0 Å². The molecule has 0 aromatic heterocycles. The minimum absolute atomic E-state index is 0.281. The predicted octanol–water partition coefficient (Wildman–Crippen LogP) is 1.91. The summed E-state index contributed by atoms with van der Waals surface area (Å²) in [6, 6.07) is 0. The second-order valence-corrected chi connectivity index (χ2v) is 3.28. The van der Waals surface area contributed by atoms with Crippen molar-refractivity contribution in [1.29, 1.82) is 0 Å². The van der Waals surface area contributed by atoms with E-state index in [1.54, 1.807) is 0 Å². The Bertz CT molecular complexity index is 190. The maximum absolute atomic E-state index is 10.9. The molecular formula is C10H18O5. The zero-order chi connectivity index (χ0) is 11.5. The number of rotatable bonds is 9. The van der Waals surface area contributed by atoms with Gasteiger partial charge in [-0.25, -0.2) is 9.59 Å². The van der Waals surface area contributed by atoms with Crippen LogP contribution in [0, 0.1) is 0 Å². The molecular weight excluding hydrogens is 200 g/mol. The molecule has 0 rings (SSSR count). The fourth-order valence-electron chi connectivity index (χ4n) is 1.06. The second kappa shape index (κ2) is 9.45. The minimum atomic E-state index is -1.16. The van der Waals surface area contributed by atoms with Crippen molar-refractivity contribution in [3.63, 3.8) is 0 Å². The lowest BCUT2D eigenvalue weighted by Crippen LogP contribution is -2.11. The summed E-state index contributed by atoms with van der Waals surface area (Å²) in [5.74, 6) is -1.67. The maximum Gasteiger partial charge on any atom is 0.342 e. The summed E-state index contributed by atoms with van der Waals surface area (Å²) in [5.41, 5.74) is 0. The summed E-state index contributed by atoms with van der Waals surface area (Å²) in [4.78, 5) is 29.3. The van der Waals surface area contributed by atoms with Gasteiger partial charge >= 0.3 is 11.9 Å². The van der Waals surface area contributed by atoms with Crippen LogP contribution in [-0.4, -0.2) is 23.7 Å². The molecule has 0 amide bonds. The van der Waals surface area contributed by atoms with E-state index in [0.717, 1.165) is 25.7 Å². The summed E-state index contributed by atoms with van der Waals surface area (Å²) in [6.07, 6.45) is 5.47. The number of carbonyl (C=O) groups is 2. The van der Waals surface area contributed by atoms with E-state index in [1.807, 2.05) is 0 Å². The van der Waals surface area contributed by atoms with Gasteiger partial charge in [-0.05, 0) is 6.42 Å². The van der Waals surface area contributed by atoms with Crippen LogP contribution in [0.25, 0.3) is 0 Å². The number of hydrogen-bond donors (Lipinski definition) is 1. The number of unbranched alkanes of at least 4 members (excludes halogenated alkanes) is 4. The minimum Gasteiger partial charge on any atom is -0.479 e. The third-order valence-electron chi connectivity index (χ3n) is 1.82. The largest absolute Gasteiger partial charge is 0.479 e. The van der Waals surface area contributed by atoms with Gasteiger partial charge in [-0.1, -0.05) is 32.6 Å². The quantitative estimate of drug-likeness (QED) is 0.363. The average Bonchev–Trinajstić information content (AvgIpc) is 2.17. The highest BCUT2D eigenvalue weighted by atomic mass is 17.2. The van der Waals surface area contributed by atoms with Gasteiger partial charge in [-0.3, -0.25) is 4.89 Å². The van der Waals surface area contributed by atoms with Gasteiger partial charge < -0.3 is 5.11 Å². The van der Waals surface area contributed by atoms with Crippen LogP contribution < -0.4 is 0 Å². The van der Waals surface area contributed by atoms with E-state index in [-0.39, 0.29) is 6.42 Å². The van der Waals surface area contributed by atoms with Crippen molar-refractivity contribution in [2.75, 3.05) is 6.61 Å². The van der Waals surface area contributed by atoms with Crippen molar-refractivity contribution in [1.82, 2.24) is 0 Å². The zero-order valence-electron chi connectivity index (χ0n) is 9.03. The monoisotopic (exact) mass is 218 g/mol. The lowest BCUT2D eigenvalue weighted by Gasteiger charge is -2.01. The van der Waals surface area contributed by atoms with Crippen molar-refractivity contribution in [2.45, 2.75) is 45.4 Å². The topological polar surface area (TPSA) is 72.8 Å². The first-order valence-corrected chi connectivity index (χ1v) is 5.21. The molecule has 0 aromatic rings. The van der Waals surface area contributed by atoms with Crippen LogP contribution in [0.4, 0.5) is 0 Å². The Labute approximate surface area is 89.3 Å². The standard InChI is InChI=1S/C10H18O5/c1-2-3-4-5-6-7-10(13)15-14-8-9(11)12/h2-8H2,1H3,(H,11,12). The van der Waals surface area contributed by atoms with Crippen LogP contribution in [0.2, 0.25) is 0 Å². The van der Waals surface area contributed by atoms with E-state index in [2.05, 4.69) is 16.7 Å². The Morgan fingerprint density at radius 1 is 1.13 bits per heavy atom. The van der Waals surface area contributed by atoms with Gasteiger partial charge in [0.05, 0.1) is 0 Å². The number of aliphatic carboxylic acids is 1. The van der Waals surface area contributed by atoms with Crippen molar-refractivity contribution in [2.24, 2.45) is 0 Å². The SMILES string of the molecule is CCCCCCCC(=O)OOCC(=O)O. The molecule has 15 heavy (non-hydrogen) atoms. The van der Waals surface area contributed by atoms with Crippen molar-refractivity contribution in [3.05, 3.63) is 0 Å². The summed E-state index contributed by atoms with van der Waals surface area (Å²) in [6.45, 7) is 1.51. The van der Waals surface area contributed by atoms with Crippen LogP contribution in [0.5, 0.6) is 0 Å². The van der Waals surface area contributed by atoms with Gasteiger partial charge in [0.15, 0.2) is 6.61 Å². The van der Waals surface area contributed by atoms with Crippen LogP contribution in [0.3, 0.4) is 0 Å². The van der Waals surface area contributed by atoms with E-state index in [1.165, 1.54) is 6.42 Å². The van der Waals surface area contributed by atoms with Crippen LogP contribution >= 0.6 is 0 Å². The molecule has 0 radical (unpaired) electrons. The van der Waals surface area contributed by atoms with Crippen LogP contribution in [-0.2, 0) is 19.4 Å². The Morgan fingerprint density at radius 3 is 2.40 bits per heavy atom. The van der Waals surface area contributed by atoms with E-state index in [4.69, 9.17) is 5.11 Å². The van der Waals surface area contributed by atoms with Crippen molar-refractivity contribution in [3.8, 4) is 0 Å². The molecule has 0 saturated heterocycles. The molecule has 0 unspecified atom stereocenters. The van der Waals surface area contributed by atoms with Crippen molar-refractivity contribution >= 4 is 11.9 Å². The Hall–Kier alpha value is -1.10. The lowest BCUT2D eigenvalue weighted by molar-refractivity contribution is -0.271. The highest BCUT2D eigenvalue weighted by Crippen LogP contribution is 2.05. The number of carboxylic acid groups (broad SMARTS) is 1. The first-order chi connectivity index (χ1) is 7.16. The summed E-state index contributed by atoms with van der Waals surface area (Å²) in [7, 11) is 0. The molecule has 0 bridgehead atoms. The van der Waals surface area contributed by atoms with Gasteiger partial charge in [-0.2, -0.15) is 4.89 Å². The molecule has 0 aliphatic rings. The highest BCUT2D eigenvalue weighted by Gasteiger charge is 2.05. The van der Waals surface area contributed by atoms with Gasteiger partial charge in [0, 0.05) is 6.42 Å². The molecule has 88 valence electrons. The summed E-state index contributed by atoms with van der Waals surface area (Å²) >= 11 is 0. The first kappa shape index (κ1) is 13.9. The summed E-state index contributed by atoms with van der Waals surface area (Å²) < 4.78 is 0. The maximum atomic E-state index is 10.9. The van der Waals surface area contributed by atoms with E-state index in [9.17, 15) is 9.59 Å². The normalized spacial score (nSPS) is 9.93. The first-order valence-electron chi connectivity index (χ1n) is 5.21. The third-order valence-corrected chi connectivity index (χ3v) is 1.82. The Kier molecular flexibility index (Phi) is 8.76. The fraction of sp³-hybridized carbons (Fsp3) is 0.800. The number of hydrogen-bond acceptors (Lipinski definition) is 4. The lowest BCUT2D eigenvalue weighted by atomic mass is 10.1. The summed E-state index contributed by atoms with van der Waals surface area (Å²) in [5, 5.41) is 8.18. The number of carboxylic acids is 1. The molecule has 0 aliphatic carbocycles. The third kappa shape index (κ3) is 10.8. The second-order valence-electron chi connectivity index (χ2n) is 3.28. The van der Waals surface area contributed by atoms with Gasteiger partial charge in [-0.15, -0.1) is 0 Å². The van der Waals surface area contributed by atoms with E-state index >= 15 is 0 Å². The molecule has 0 aromatic carbocycles. The molecule has 0 atom stereocenters. The Morgan fingerprint density at radius 2 is 1.80 bits per heavy atom. The molecule has 0 aliphatic heterocycles. The molecule has 0 heterocycles. The predicted molar refractivity (Wildman–Crippen MR) is 53.1 cm³/mol. The molecule has 5 nitrogen and oxygen atoms in total. The molecule has 0 spiro atoms. The molecule has 5 heteroatoms. The molecule has 0 fully saturated rings. The van der Waals surface area contributed by atoms with E-state index in [0.29, 0.717) is 0 Å². The van der Waals surface area contributed by atoms with Crippen LogP contribution in [0.1, 0.15) is 45.4 Å². The average molecular weight is 218 g/mol. The van der Waals surface area contributed by atoms with Crippen molar-refractivity contribution < 1.29 is 24.5 Å². The smallest absolute Gasteiger partial charge is 0.342 e. The molecule has 1 N–H and O–H groups in total. The van der Waals surface area contributed by atoms with Crippen LogP contribution in [0.15, 0.2) is 0 Å².